The minimum absolute atomic E-state index is 0.160. The Morgan fingerprint density at radius 3 is 2.35 bits per heavy atom. The monoisotopic (exact) mass is 374 g/mol. The van der Waals surface area contributed by atoms with E-state index in [1.165, 1.54) is 18.2 Å². The highest BCUT2D eigenvalue weighted by Gasteiger charge is 2.17. The summed E-state index contributed by atoms with van der Waals surface area (Å²) < 4.78 is 27.9. The summed E-state index contributed by atoms with van der Waals surface area (Å²) in [6.45, 7) is 1.74. The Hall–Kier alpha value is -1.24. The molecule has 3 N–H and O–H groups in total. The summed E-state index contributed by atoms with van der Waals surface area (Å²) in [6.07, 6.45) is 0. The Morgan fingerprint density at radius 1 is 1.20 bits per heavy atom. The number of nitrogens with two attached hydrogens (primary N) is 1. The summed E-state index contributed by atoms with van der Waals surface area (Å²) >= 11 is 9.30. The summed E-state index contributed by atoms with van der Waals surface area (Å²) in [7, 11) is -3.68. The number of nitrogens with one attached hydrogen (secondary N) is 1. The van der Waals surface area contributed by atoms with Crippen molar-refractivity contribution in [3.8, 4) is 0 Å². The fourth-order valence-electron chi connectivity index (χ4n) is 1.71. The van der Waals surface area contributed by atoms with E-state index in [1.54, 1.807) is 25.1 Å². The second kappa shape index (κ2) is 5.63. The molecule has 0 heterocycles. The van der Waals surface area contributed by atoms with E-state index in [-0.39, 0.29) is 9.92 Å². The van der Waals surface area contributed by atoms with E-state index in [0.29, 0.717) is 16.9 Å². The minimum atomic E-state index is -3.68. The van der Waals surface area contributed by atoms with Crippen LogP contribution in [0.3, 0.4) is 0 Å². The molecule has 2 rings (SSSR count). The number of aryl methyl sites for hydroxylation is 1. The van der Waals surface area contributed by atoms with E-state index in [4.69, 9.17) is 17.3 Å². The van der Waals surface area contributed by atoms with Crippen LogP contribution in [0.4, 0.5) is 11.4 Å². The Morgan fingerprint density at radius 2 is 1.80 bits per heavy atom. The molecule has 0 bridgehead atoms. The Labute approximate surface area is 131 Å². The number of rotatable bonds is 3. The predicted molar refractivity (Wildman–Crippen MR) is 85.6 cm³/mol. The van der Waals surface area contributed by atoms with Gasteiger partial charge in [0.25, 0.3) is 10.0 Å². The smallest absolute Gasteiger partial charge is 0.261 e. The lowest BCUT2D eigenvalue weighted by molar-refractivity contribution is 0.601. The van der Waals surface area contributed by atoms with Crippen molar-refractivity contribution >= 4 is 48.9 Å². The first-order chi connectivity index (χ1) is 9.29. The van der Waals surface area contributed by atoms with E-state index in [1.807, 2.05) is 0 Å². The van der Waals surface area contributed by atoms with Crippen molar-refractivity contribution in [1.82, 2.24) is 0 Å². The van der Waals surface area contributed by atoms with Gasteiger partial charge in [-0.2, -0.15) is 0 Å². The third kappa shape index (κ3) is 3.26. The average Bonchev–Trinajstić information content (AvgIpc) is 2.34. The van der Waals surface area contributed by atoms with Gasteiger partial charge in [-0.15, -0.1) is 0 Å². The minimum Gasteiger partial charge on any atom is -0.399 e. The molecule has 20 heavy (non-hydrogen) atoms. The lowest BCUT2D eigenvalue weighted by Gasteiger charge is -2.13. The van der Waals surface area contributed by atoms with Crippen LogP contribution < -0.4 is 10.5 Å². The molecule has 0 atom stereocenters. The molecular formula is C13H12BrClN2O2S. The average molecular weight is 376 g/mol. The standard InChI is InChI=1S/C13H12BrClN2O2S/c1-8-6-10(16)7-12(15)13(8)17-20(18,19)11-4-2-9(14)3-5-11/h2-7,17H,16H2,1H3. The molecule has 0 aliphatic heterocycles. The molecule has 0 radical (unpaired) electrons. The highest BCUT2D eigenvalue weighted by Crippen LogP contribution is 2.30. The first kappa shape index (κ1) is 15.2. The third-order valence-corrected chi connectivity index (χ3v) is 4.86. The van der Waals surface area contributed by atoms with Crippen molar-refractivity contribution in [3.05, 3.63) is 51.5 Å². The quantitative estimate of drug-likeness (QED) is 0.802. The van der Waals surface area contributed by atoms with Crippen LogP contribution in [0, 0.1) is 6.92 Å². The van der Waals surface area contributed by atoms with Gasteiger partial charge < -0.3 is 5.73 Å². The lowest BCUT2D eigenvalue weighted by atomic mass is 10.2. The molecule has 0 aliphatic rings. The first-order valence-corrected chi connectivity index (χ1v) is 8.29. The van der Waals surface area contributed by atoms with Gasteiger partial charge >= 0.3 is 0 Å². The van der Waals surface area contributed by atoms with Crippen molar-refractivity contribution < 1.29 is 8.42 Å². The lowest BCUT2D eigenvalue weighted by Crippen LogP contribution is -2.14. The summed E-state index contributed by atoms with van der Waals surface area (Å²) in [6, 6.07) is 9.50. The maximum Gasteiger partial charge on any atom is 0.261 e. The molecule has 0 saturated carbocycles. The van der Waals surface area contributed by atoms with Crippen molar-refractivity contribution in [2.24, 2.45) is 0 Å². The van der Waals surface area contributed by atoms with Gasteiger partial charge in [0.2, 0.25) is 0 Å². The predicted octanol–water partition coefficient (Wildman–Crippen LogP) is 3.79. The van der Waals surface area contributed by atoms with E-state index < -0.39 is 10.0 Å². The fourth-order valence-corrected chi connectivity index (χ4v) is 3.50. The van der Waals surface area contributed by atoms with Gasteiger partial charge in [-0.25, -0.2) is 8.42 Å². The van der Waals surface area contributed by atoms with Crippen LogP contribution >= 0.6 is 27.5 Å². The van der Waals surface area contributed by atoms with Crippen LogP contribution in [0.2, 0.25) is 5.02 Å². The third-order valence-electron chi connectivity index (χ3n) is 2.67. The molecule has 106 valence electrons. The van der Waals surface area contributed by atoms with Gasteiger partial charge in [-0.05, 0) is 48.9 Å². The van der Waals surface area contributed by atoms with Crippen molar-refractivity contribution in [2.45, 2.75) is 11.8 Å². The van der Waals surface area contributed by atoms with Crippen LogP contribution in [0.1, 0.15) is 5.56 Å². The van der Waals surface area contributed by atoms with Gasteiger partial charge in [-0.1, -0.05) is 27.5 Å². The topological polar surface area (TPSA) is 72.2 Å². The van der Waals surface area contributed by atoms with Crippen LogP contribution in [0.5, 0.6) is 0 Å². The molecule has 0 aromatic heterocycles. The van der Waals surface area contributed by atoms with Crippen molar-refractivity contribution in [3.63, 3.8) is 0 Å². The molecule has 7 heteroatoms. The van der Waals surface area contributed by atoms with E-state index >= 15 is 0 Å². The second-order valence-electron chi connectivity index (χ2n) is 4.25. The number of hydrogen-bond acceptors (Lipinski definition) is 3. The summed E-state index contributed by atoms with van der Waals surface area (Å²) in [5.74, 6) is 0. The zero-order valence-corrected chi connectivity index (χ0v) is 13.7. The SMILES string of the molecule is Cc1cc(N)cc(Cl)c1NS(=O)(=O)c1ccc(Br)cc1. The van der Waals surface area contributed by atoms with Gasteiger partial charge in [0, 0.05) is 10.2 Å². The second-order valence-corrected chi connectivity index (χ2v) is 7.26. The summed E-state index contributed by atoms with van der Waals surface area (Å²) in [4.78, 5) is 0.160. The first-order valence-electron chi connectivity index (χ1n) is 5.63. The number of benzene rings is 2. The Bertz CT molecular complexity index is 722. The Balaban J connectivity index is 2.41. The molecule has 0 amide bonds. The maximum atomic E-state index is 12.3. The van der Waals surface area contributed by atoms with Gasteiger partial charge in [0.15, 0.2) is 0 Å². The zero-order valence-electron chi connectivity index (χ0n) is 10.5. The summed E-state index contributed by atoms with van der Waals surface area (Å²) in [5.41, 5.74) is 7.14. The van der Waals surface area contributed by atoms with Crippen molar-refractivity contribution in [1.29, 1.82) is 0 Å². The maximum absolute atomic E-state index is 12.3. The number of sulfonamides is 1. The Kier molecular flexibility index (Phi) is 4.27. The highest BCUT2D eigenvalue weighted by molar-refractivity contribution is 9.10. The number of anilines is 2. The number of nitrogen functional groups attached to an aromatic ring is 1. The zero-order chi connectivity index (χ0) is 14.9. The molecule has 2 aromatic rings. The normalized spacial score (nSPS) is 11.3. The highest BCUT2D eigenvalue weighted by atomic mass is 79.9. The van der Waals surface area contributed by atoms with Crippen LogP contribution in [-0.2, 0) is 10.0 Å². The van der Waals surface area contributed by atoms with Crippen LogP contribution in [0.15, 0.2) is 45.8 Å². The van der Waals surface area contributed by atoms with E-state index in [0.717, 1.165) is 4.47 Å². The molecule has 0 aliphatic carbocycles. The molecule has 0 fully saturated rings. The number of hydrogen-bond donors (Lipinski definition) is 2. The molecule has 2 aromatic carbocycles. The van der Waals surface area contributed by atoms with Gasteiger partial charge in [0.05, 0.1) is 15.6 Å². The van der Waals surface area contributed by atoms with Crippen molar-refractivity contribution in [2.75, 3.05) is 10.5 Å². The molecule has 0 saturated heterocycles. The van der Waals surface area contributed by atoms with Crippen LogP contribution in [0.25, 0.3) is 0 Å². The largest absolute Gasteiger partial charge is 0.399 e. The molecule has 0 spiro atoms. The van der Waals surface area contributed by atoms with E-state index in [2.05, 4.69) is 20.7 Å². The van der Waals surface area contributed by atoms with E-state index in [9.17, 15) is 8.42 Å². The fraction of sp³-hybridized carbons (Fsp3) is 0.0769. The van der Waals surface area contributed by atoms with Crippen LogP contribution in [-0.4, -0.2) is 8.42 Å². The molecular weight excluding hydrogens is 364 g/mol. The number of halogens is 2. The molecule has 4 nitrogen and oxygen atoms in total. The molecule has 0 unspecified atom stereocenters. The van der Waals surface area contributed by atoms with Gasteiger partial charge in [0.1, 0.15) is 0 Å². The van der Waals surface area contributed by atoms with Gasteiger partial charge in [-0.3, -0.25) is 4.72 Å². The summed E-state index contributed by atoms with van der Waals surface area (Å²) in [5, 5.41) is 0.267.